The molecule has 0 saturated carbocycles. The minimum atomic E-state index is -0.0186. The largest absolute Gasteiger partial charge is 0.318 e. The molecule has 0 aliphatic heterocycles. The summed E-state index contributed by atoms with van der Waals surface area (Å²) >= 11 is 0. The molecule has 1 nitrogen and oxygen atoms in total. The summed E-state index contributed by atoms with van der Waals surface area (Å²) in [4.78, 5) is 0. The Morgan fingerprint density at radius 2 is 1.65 bits per heavy atom. The normalized spacial score (nSPS) is 11.4. The molecule has 0 saturated heterocycles. The summed E-state index contributed by atoms with van der Waals surface area (Å²) in [7, 11) is 0. The van der Waals surface area contributed by atoms with Crippen molar-refractivity contribution < 1.29 is 0 Å². The Labute approximate surface area is 129 Å². The second-order valence-corrected chi connectivity index (χ2v) is 4.86. The first-order valence-electron chi connectivity index (χ1n) is 8.45. The Balaban J connectivity index is -0.000000262. The second kappa shape index (κ2) is 23.4. The number of nitrogens with two attached hydrogens (primary N) is 1. The molecule has 0 aromatic rings. The van der Waals surface area contributed by atoms with Crippen molar-refractivity contribution in [2.45, 2.75) is 99.0 Å². The van der Waals surface area contributed by atoms with Gasteiger partial charge in [0.05, 0.1) is 6.04 Å². The molecule has 0 radical (unpaired) electrons. The first kappa shape index (κ1) is 24.3. The van der Waals surface area contributed by atoms with Crippen molar-refractivity contribution in [3.8, 4) is 12.3 Å². The van der Waals surface area contributed by atoms with Gasteiger partial charge in [-0.15, -0.1) is 6.42 Å². The number of hydrogen-bond acceptors (Lipinski definition) is 1. The van der Waals surface area contributed by atoms with Crippen LogP contribution in [0.3, 0.4) is 0 Å². The van der Waals surface area contributed by atoms with E-state index in [0.29, 0.717) is 0 Å². The second-order valence-electron chi connectivity index (χ2n) is 4.86. The van der Waals surface area contributed by atoms with E-state index in [1.54, 1.807) is 0 Å². The van der Waals surface area contributed by atoms with E-state index in [1.807, 2.05) is 13.8 Å². The zero-order chi connectivity index (χ0) is 16.2. The monoisotopic (exact) mass is 281 g/mol. The van der Waals surface area contributed by atoms with Gasteiger partial charge >= 0.3 is 0 Å². The summed E-state index contributed by atoms with van der Waals surface area (Å²) in [6.45, 7) is 12.7. The van der Waals surface area contributed by atoms with Gasteiger partial charge in [-0.1, -0.05) is 77.4 Å². The minimum absolute atomic E-state index is 0.0186. The molecule has 0 aromatic carbocycles. The van der Waals surface area contributed by atoms with Gasteiger partial charge in [0.15, 0.2) is 0 Å². The van der Waals surface area contributed by atoms with E-state index in [0.717, 1.165) is 12.8 Å². The lowest BCUT2D eigenvalue weighted by Gasteiger charge is -1.99. The first-order valence-corrected chi connectivity index (χ1v) is 8.45. The van der Waals surface area contributed by atoms with Gasteiger partial charge < -0.3 is 5.73 Å². The van der Waals surface area contributed by atoms with E-state index in [1.165, 1.54) is 44.1 Å². The molecular formula is C19H39N. The van der Waals surface area contributed by atoms with Crippen molar-refractivity contribution in [1.29, 1.82) is 0 Å². The fraction of sp³-hybridized carbons (Fsp3) is 0.789. The third-order valence-corrected chi connectivity index (χ3v) is 3.00. The molecule has 0 aliphatic rings. The fourth-order valence-corrected chi connectivity index (χ4v) is 1.48. The highest BCUT2D eigenvalue weighted by molar-refractivity contribution is 4.96. The van der Waals surface area contributed by atoms with Crippen molar-refractivity contribution in [2.75, 3.05) is 0 Å². The fourth-order valence-electron chi connectivity index (χ4n) is 1.48. The van der Waals surface area contributed by atoms with Gasteiger partial charge in [-0.25, -0.2) is 0 Å². The lowest BCUT2D eigenvalue weighted by molar-refractivity contribution is 0.664. The molecule has 1 heteroatoms. The summed E-state index contributed by atoms with van der Waals surface area (Å²) in [5.74, 6) is 2.48. The predicted molar refractivity (Wildman–Crippen MR) is 95.9 cm³/mol. The molecule has 20 heavy (non-hydrogen) atoms. The quantitative estimate of drug-likeness (QED) is 0.325. The summed E-state index contributed by atoms with van der Waals surface area (Å²) in [6.07, 6.45) is 17.4. The third-order valence-electron chi connectivity index (χ3n) is 3.00. The Bertz CT molecular complexity index is 222. The van der Waals surface area contributed by atoms with Crippen molar-refractivity contribution in [2.24, 2.45) is 5.73 Å². The molecule has 0 rings (SSSR count). The van der Waals surface area contributed by atoms with Crippen molar-refractivity contribution >= 4 is 0 Å². The molecule has 0 amide bonds. The van der Waals surface area contributed by atoms with Crippen LogP contribution >= 0.6 is 0 Å². The summed E-state index contributed by atoms with van der Waals surface area (Å²) in [6, 6.07) is -0.0186. The average molecular weight is 282 g/mol. The molecule has 0 spiro atoms. The van der Waals surface area contributed by atoms with E-state index in [9.17, 15) is 0 Å². The highest BCUT2D eigenvalue weighted by Crippen LogP contribution is 2.08. The molecule has 1 unspecified atom stereocenters. The number of hydrogen-bond donors (Lipinski definition) is 1. The molecule has 0 fully saturated rings. The van der Waals surface area contributed by atoms with Gasteiger partial charge in [-0.05, 0) is 33.1 Å². The summed E-state index contributed by atoms with van der Waals surface area (Å²) in [5, 5.41) is 0. The van der Waals surface area contributed by atoms with Crippen LogP contribution in [0.2, 0.25) is 0 Å². The molecule has 120 valence electrons. The standard InChI is InChI=1S/C10H20.C7H13N.C2H6/c1-4-6-7-8-9-10(3)5-2;1-3-5-6-7(8)4-2;1-2/h5H,4,6-9H2,1-3H3;2,7H,3,5-6,8H2,1H3;1-2H3/b10-5-;;. The molecule has 0 aliphatic carbocycles. The highest BCUT2D eigenvalue weighted by Gasteiger charge is 1.92. The molecule has 0 bridgehead atoms. The van der Waals surface area contributed by atoms with Crippen LogP contribution in [-0.4, -0.2) is 6.04 Å². The van der Waals surface area contributed by atoms with Crippen molar-refractivity contribution in [1.82, 2.24) is 0 Å². The lowest BCUT2D eigenvalue weighted by atomic mass is 10.1. The number of unbranched alkanes of at least 4 members (excludes halogenated alkanes) is 4. The van der Waals surface area contributed by atoms with E-state index >= 15 is 0 Å². The van der Waals surface area contributed by atoms with Crippen LogP contribution in [0.15, 0.2) is 11.6 Å². The predicted octanol–water partition coefficient (Wildman–Crippen LogP) is 6.09. The van der Waals surface area contributed by atoms with Crippen molar-refractivity contribution in [3.63, 3.8) is 0 Å². The molecule has 0 heterocycles. The smallest absolute Gasteiger partial charge is 0.0661 e. The van der Waals surface area contributed by atoms with E-state index in [-0.39, 0.29) is 6.04 Å². The van der Waals surface area contributed by atoms with Gasteiger partial charge in [0.2, 0.25) is 0 Å². The van der Waals surface area contributed by atoms with Crippen LogP contribution in [0.1, 0.15) is 92.9 Å². The third kappa shape index (κ3) is 26.0. The van der Waals surface area contributed by atoms with Crippen LogP contribution in [0.5, 0.6) is 0 Å². The first-order chi connectivity index (χ1) is 9.62. The SMILES string of the molecule is C#CC(N)CCCC.C/C=C(/C)CCCCCC.CC. The molecule has 0 aromatic heterocycles. The Kier molecular flexibility index (Phi) is 28.4. The van der Waals surface area contributed by atoms with Gasteiger partial charge in [0.1, 0.15) is 0 Å². The van der Waals surface area contributed by atoms with Crippen LogP contribution in [0, 0.1) is 12.3 Å². The zero-order valence-corrected chi connectivity index (χ0v) is 15.0. The van der Waals surface area contributed by atoms with Gasteiger partial charge in [-0.2, -0.15) is 0 Å². The lowest BCUT2D eigenvalue weighted by Crippen LogP contribution is -2.16. The van der Waals surface area contributed by atoms with Gasteiger partial charge in [0, 0.05) is 0 Å². The van der Waals surface area contributed by atoms with Crippen LogP contribution in [-0.2, 0) is 0 Å². The van der Waals surface area contributed by atoms with E-state index in [2.05, 4.69) is 39.7 Å². The maximum Gasteiger partial charge on any atom is 0.0661 e. The van der Waals surface area contributed by atoms with E-state index in [4.69, 9.17) is 12.2 Å². The minimum Gasteiger partial charge on any atom is -0.318 e. The Morgan fingerprint density at radius 3 is 2.05 bits per heavy atom. The molecular weight excluding hydrogens is 242 g/mol. The Hall–Kier alpha value is -0.740. The van der Waals surface area contributed by atoms with Crippen LogP contribution in [0.4, 0.5) is 0 Å². The number of allylic oxidation sites excluding steroid dienone is 2. The van der Waals surface area contributed by atoms with Crippen molar-refractivity contribution in [3.05, 3.63) is 11.6 Å². The summed E-state index contributed by atoms with van der Waals surface area (Å²) in [5.41, 5.74) is 6.96. The zero-order valence-electron chi connectivity index (χ0n) is 15.0. The Morgan fingerprint density at radius 1 is 1.10 bits per heavy atom. The van der Waals surface area contributed by atoms with Crippen LogP contribution in [0.25, 0.3) is 0 Å². The van der Waals surface area contributed by atoms with Gasteiger partial charge in [-0.3, -0.25) is 0 Å². The molecule has 2 N–H and O–H groups in total. The highest BCUT2D eigenvalue weighted by atomic mass is 14.6. The number of rotatable bonds is 8. The van der Waals surface area contributed by atoms with E-state index < -0.39 is 0 Å². The topological polar surface area (TPSA) is 26.0 Å². The van der Waals surface area contributed by atoms with Crippen LogP contribution < -0.4 is 5.73 Å². The maximum absolute atomic E-state index is 5.42. The number of terminal acetylenes is 1. The van der Waals surface area contributed by atoms with Gasteiger partial charge in [0.25, 0.3) is 0 Å². The molecule has 1 atom stereocenters. The maximum atomic E-state index is 5.42. The summed E-state index contributed by atoms with van der Waals surface area (Å²) < 4.78 is 0. The average Bonchev–Trinajstić information content (AvgIpc) is 2.51.